The molecule has 6 heteroatoms. The van der Waals surface area contributed by atoms with Crippen LogP contribution in [0.25, 0.3) is 0 Å². The van der Waals surface area contributed by atoms with Crippen LogP contribution >= 0.6 is 0 Å². The van der Waals surface area contributed by atoms with Crippen LogP contribution in [0.15, 0.2) is 24.3 Å². The van der Waals surface area contributed by atoms with Gasteiger partial charge >= 0.3 is 6.09 Å². The number of carbonyl (C=O) groups excluding carboxylic acids is 2. The second kappa shape index (κ2) is 7.68. The molecule has 2 amide bonds. The highest BCUT2D eigenvalue weighted by Gasteiger charge is 2.24. The van der Waals surface area contributed by atoms with E-state index >= 15 is 0 Å². The van der Waals surface area contributed by atoms with E-state index in [9.17, 15) is 9.59 Å². The Hall–Kier alpha value is -2.24. The molecule has 1 aliphatic rings. The molecule has 0 atom stereocenters. The largest absolute Gasteiger partial charge is 0.453 e. The number of methoxy groups -OCH3 is 1. The highest BCUT2D eigenvalue weighted by atomic mass is 16.5. The minimum Gasteiger partial charge on any atom is -0.453 e. The third kappa shape index (κ3) is 4.13. The molecule has 1 heterocycles. The number of amides is 2. The summed E-state index contributed by atoms with van der Waals surface area (Å²) in [5, 5.41) is 5.52. The summed E-state index contributed by atoms with van der Waals surface area (Å²) in [6.07, 6.45) is 1.26. The molecule has 0 radical (unpaired) electrons. The topological polar surface area (TPSA) is 70.7 Å². The predicted octanol–water partition coefficient (Wildman–Crippen LogP) is 2.22. The Kier molecular flexibility index (Phi) is 5.63. The molecule has 1 fully saturated rings. The van der Waals surface area contributed by atoms with Crippen molar-refractivity contribution in [3.8, 4) is 0 Å². The zero-order valence-corrected chi connectivity index (χ0v) is 13.1. The first kappa shape index (κ1) is 16.1. The highest BCUT2D eigenvalue weighted by molar-refractivity contribution is 5.84. The number of anilines is 2. The van der Waals surface area contributed by atoms with Gasteiger partial charge in [-0.3, -0.25) is 10.1 Å². The van der Waals surface area contributed by atoms with Crippen molar-refractivity contribution in [2.75, 3.05) is 37.0 Å². The van der Waals surface area contributed by atoms with Crippen LogP contribution in [0.5, 0.6) is 0 Å². The van der Waals surface area contributed by atoms with Crippen LogP contribution in [0, 0.1) is 5.92 Å². The lowest BCUT2D eigenvalue weighted by Crippen LogP contribution is -2.40. The molecule has 1 saturated heterocycles. The van der Waals surface area contributed by atoms with Crippen molar-refractivity contribution in [2.24, 2.45) is 5.92 Å². The molecule has 22 heavy (non-hydrogen) atoms. The van der Waals surface area contributed by atoms with Gasteiger partial charge in [0.1, 0.15) is 0 Å². The van der Waals surface area contributed by atoms with E-state index in [1.165, 1.54) is 7.11 Å². The Morgan fingerprint density at radius 1 is 1.23 bits per heavy atom. The maximum atomic E-state index is 11.8. The van der Waals surface area contributed by atoms with Crippen LogP contribution in [0.3, 0.4) is 0 Å². The molecule has 0 spiro atoms. The average Bonchev–Trinajstić information content (AvgIpc) is 2.56. The van der Waals surface area contributed by atoms with Crippen LogP contribution in [0.1, 0.15) is 19.8 Å². The molecule has 120 valence electrons. The summed E-state index contributed by atoms with van der Waals surface area (Å²) in [6, 6.07) is 7.64. The van der Waals surface area contributed by atoms with Crippen LogP contribution in [-0.2, 0) is 9.53 Å². The standard InChI is InChI=1S/C16H23N3O3/c1-3-17-15(20)12-8-10-19(11-9-12)14-6-4-13(5-7-14)18-16(21)22-2/h4-7,12H,3,8-11H2,1-2H3,(H,17,20)(H,18,21). The van der Waals surface area contributed by atoms with Gasteiger partial charge < -0.3 is 15.0 Å². The van der Waals surface area contributed by atoms with Crippen molar-refractivity contribution >= 4 is 23.4 Å². The molecule has 2 N–H and O–H groups in total. The number of nitrogens with one attached hydrogen (secondary N) is 2. The minimum atomic E-state index is -0.476. The normalized spacial score (nSPS) is 15.3. The number of hydrogen-bond donors (Lipinski definition) is 2. The maximum absolute atomic E-state index is 11.8. The molecule has 1 aliphatic heterocycles. The molecular weight excluding hydrogens is 282 g/mol. The van der Waals surface area contributed by atoms with Crippen LogP contribution in [-0.4, -0.2) is 38.7 Å². The van der Waals surface area contributed by atoms with E-state index in [1.807, 2.05) is 31.2 Å². The monoisotopic (exact) mass is 305 g/mol. The summed E-state index contributed by atoms with van der Waals surface area (Å²) in [5.41, 5.74) is 1.80. The lowest BCUT2D eigenvalue weighted by Gasteiger charge is -2.33. The first-order valence-corrected chi connectivity index (χ1v) is 7.61. The Morgan fingerprint density at radius 2 is 1.86 bits per heavy atom. The van der Waals surface area contributed by atoms with E-state index in [4.69, 9.17) is 0 Å². The van der Waals surface area contributed by atoms with Gasteiger partial charge in [-0.1, -0.05) is 0 Å². The zero-order valence-electron chi connectivity index (χ0n) is 13.1. The number of ether oxygens (including phenoxy) is 1. The second-order valence-corrected chi connectivity index (χ2v) is 5.32. The van der Waals surface area contributed by atoms with Crippen molar-refractivity contribution in [1.82, 2.24) is 5.32 Å². The van der Waals surface area contributed by atoms with Crippen molar-refractivity contribution in [3.63, 3.8) is 0 Å². The lowest BCUT2D eigenvalue weighted by molar-refractivity contribution is -0.125. The Bertz CT molecular complexity index is 508. The van der Waals surface area contributed by atoms with Gasteiger partial charge in [0, 0.05) is 36.9 Å². The van der Waals surface area contributed by atoms with Gasteiger partial charge in [0.2, 0.25) is 5.91 Å². The van der Waals surface area contributed by atoms with Gasteiger partial charge in [-0.05, 0) is 44.0 Å². The Morgan fingerprint density at radius 3 is 2.41 bits per heavy atom. The van der Waals surface area contributed by atoms with E-state index in [-0.39, 0.29) is 11.8 Å². The molecule has 2 rings (SSSR count). The van der Waals surface area contributed by atoms with Gasteiger partial charge in [-0.15, -0.1) is 0 Å². The third-order valence-electron chi connectivity index (χ3n) is 3.88. The van der Waals surface area contributed by atoms with E-state index in [1.54, 1.807) is 0 Å². The molecule has 0 aliphatic carbocycles. The summed E-state index contributed by atoms with van der Waals surface area (Å²) in [4.78, 5) is 25.2. The zero-order chi connectivity index (χ0) is 15.9. The number of piperidine rings is 1. The molecule has 0 unspecified atom stereocenters. The summed E-state index contributed by atoms with van der Waals surface area (Å²) >= 11 is 0. The Balaban J connectivity index is 1.88. The fourth-order valence-electron chi connectivity index (χ4n) is 2.64. The Labute approximate surface area is 130 Å². The van der Waals surface area contributed by atoms with Gasteiger partial charge in [0.15, 0.2) is 0 Å². The number of carbonyl (C=O) groups is 2. The lowest BCUT2D eigenvalue weighted by atomic mass is 9.95. The van der Waals surface area contributed by atoms with Crippen molar-refractivity contribution < 1.29 is 14.3 Å². The van der Waals surface area contributed by atoms with Gasteiger partial charge in [0.25, 0.3) is 0 Å². The van der Waals surface area contributed by atoms with Gasteiger partial charge in [-0.25, -0.2) is 4.79 Å². The van der Waals surface area contributed by atoms with E-state index in [0.29, 0.717) is 12.2 Å². The SMILES string of the molecule is CCNC(=O)C1CCN(c2ccc(NC(=O)OC)cc2)CC1. The average molecular weight is 305 g/mol. The molecule has 0 aromatic heterocycles. The first-order chi connectivity index (χ1) is 10.6. The van der Waals surface area contributed by atoms with Gasteiger partial charge in [0.05, 0.1) is 7.11 Å². The number of benzene rings is 1. The smallest absolute Gasteiger partial charge is 0.411 e. The van der Waals surface area contributed by atoms with E-state index in [0.717, 1.165) is 31.6 Å². The summed E-state index contributed by atoms with van der Waals surface area (Å²) in [6.45, 7) is 4.36. The number of rotatable bonds is 4. The van der Waals surface area contributed by atoms with Crippen LogP contribution in [0.2, 0.25) is 0 Å². The molecular formula is C16H23N3O3. The van der Waals surface area contributed by atoms with Crippen molar-refractivity contribution in [2.45, 2.75) is 19.8 Å². The third-order valence-corrected chi connectivity index (χ3v) is 3.88. The van der Waals surface area contributed by atoms with E-state index < -0.39 is 6.09 Å². The molecule has 1 aromatic rings. The maximum Gasteiger partial charge on any atom is 0.411 e. The number of hydrogen-bond acceptors (Lipinski definition) is 4. The van der Waals surface area contributed by atoms with E-state index in [2.05, 4.69) is 20.3 Å². The minimum absolute atomic E-state index is 0.122. The fourth-order valence-corrected chi connectivity index (χ4v) is 2.64. The quantitative estimate of drug-likeness (QED) is 0.895. The number of nitrogens with zero attached hydrogens (tertiary/aromatic N) is 1. The first-order valence-electron chi connectivity index (χ1n) is 7.61. The summed E-state index contributed by atoms with van der Waals surface area (Å²) in [7, 11) is 1.34. The van der Waals surface area contributed by atoms with Crippen molar-refractivity contribution in [1.29, 1.82) is 0 Å². The molecule has 6 nitrogen and oxygen atoms in total. The second-order valence-electron chi connectivity index (χ2n) is 5.32. The highest BCUT2D eigenvalue weighted by Crippen LogP contribution is 2.24. The van der Waals surface area contributed by atoms with Gasteiger partial charge in [-0.2, -0.15) is 0 Å². The van der Waals surface area contributed by atoms with Crippen molar-refractivity contribution in [3.05, 3.63) is 24.3 Å². The molecule has 0 saturated carbocycles. The molecule has 0 bridgehead atoms. The molecule has 1 aromatic carbocycles. The summed E-state index contributed by atoms with van der Waals surface area (Å²) < 4.78 is 4.56. The van der Waals surface area contributed by atoms with Crippen LogP contribution < -0.4 is 15.5 Å². The summed E-state index contributed by atoms with van der Waals surface area (Å²) in [5.74, 6) is 0.288. The predicted molar refractivity (Wildman–Crippen MR) is 86.1 cm³/mol. The van der Waals surface area contributed by atoms with Crippen LogP contribution in [0.4, 0.5) is 16.2 Å². The fraction of sp³-hybridized carbons (Fsp3) is 0.500.